The van der Waals surface area contributed by atoms with E-state index in [0.29, 0.717) is 22.6 Å². The highest BCUT2D eigenvalue weighted by Crippen LogP contribution is 2.51. The predicted octanol–water partition coefficient (Wildman–Crippen LogP) is 4.67. The zero-order valence-corrected chi connectivity index (χ0v) is 17.9. The standard InChI is InChI=1S/C21H17ClF2N2O4S/c1-2-29-20(27)17-16-14-7-10(19-25-12-5-3-4-6-13(12)26(14)19)9-31(28)15(16)8-11(22)18(17)30-21(23)24/h3-6,8,10,14,21H,2,7,9H2,1H3/t10-,14-,31?/m0/s1. The molecule has 0 fully saturated rings. The second-order valence-corrected chi connectivity index (χ2v) is 9.23. The van der Waals surface area contributed by atoms with E-state index in [1.807, 2.05) is 28.8 Å². The summed E-state index contributed by atoms with van der Waals surface area (Å²) in [6, 6.07) is 8.48. The lowest BCUT2D eigenvalue weighted by Gasteiger charge is -2.23. The number of nitrogens with zero attached hydrogens (tertiary/aromatic N) is 2. The number of benzene rings is 2. The van der Waals surface area contributed by atoms with E-state index in [1.54, 1.807) is 6.92 Å². The van der Waals surface area contributed by atoms with Crippen LogP contribution in [0.3, 0.4) is 0 Å². The normalized spacial score (nSPS) is 21.6. The molecule has 2 aliphatic rings. The number of carbonyl (C=O) groups excluding carboxylic acids is 1. The van der Waals surface area contributed by atoms with Crippen molar-refractivity contribution in [3.05, 3.63) is 52.3 Å². The van der Waals surface area contributed by atoms with E-state index < -0.39 is 35.2 Å². The van der Waals surface area contributed by atoms with E-state index in [2.05, 4.69) is 4.74 Å². The van der Waals surface area contributed by atoms with E-state index in [4.69, 9.17) is 21.3 Å². The number of para-hydroxylation sites is 2. The summed E-state index contributed by atoms with van der Waals surface area (Å²) in [7, 11) is -1.51. The lowest BCUT2D eigenvalue weighted by Crippen LogP contribution is -2.20. The van der Waals surface area contributed by atoms with Crippen molar-refractivity contribution in [1.82, 2.24) is 9.55 Å². The van der Waals surface area contributed by atoms with Gasteiger partial charge in [-0.1, -0.05) is 23.7 Å². The van der Waals surface area contributed by atoms with Gasteiger partial charge in [0.15, 0.2) is 5.75 Å². The van der Waals surface area contributed by atoms with Crippen LogP contribution in [0.1, 0.15) is 47.1 Å². The average molecular weight is 467 g/mol. The minimum absolute atomic E-state index is 0.0316. The number of hydrogen-bond acceptors (Lipinski definition) is 5. The Morgan fingerprint density at radius 1 is 1.39 bits per heavy atom. The van der Waals surface area contributed by atoms with Gasteiger partial charge in [-0.3, -0.25) is 4.21 Å². The van der Waals surface area contributed by atoms with Gasteiger partial charge in [-0.05, 0) is 31.5 Å². The van der Waals surface area contributed by atoms with Crippen LogP contribution in [0.15, 0.2) is 35.2 Å². The first-order chi connectivity index (χ1) is 14.9. The number of ether oxygens (including phenoxy) is 2. The lowest BCUT2D eigenvalue weighted by atomic mass is 9.94. The molecule has 162 valence electrons. The molecule has 1 aromatic heterocycles. The highest BCUT2D eigenvalue weighted by molar-refractivity contribution is 7.85. The molecule has 1 unspecified atom stereocenters. The molecule has 0 N–H and O–H groups in total. The van der Waals surface area contributed by atoms with Crippen molar-refractivity contribution in [2.45, 2.75) is 36.8 Å². The number of imidazole rings is 1. The van der Waals surface area contributed by atoms with Crippen molar-refractivity contribution in [1.29, 1.82) is 0 Å². The van der Waals surface area contributed by atoms with Crippen LogP contribution in [0.4, 0.5) is 8.78 Å². The first-order valence-electron chi connectivity index (χ1n) is 9.74. The fourth-order valence-electron chi connectivity index (χ4n) is 4.57. The van der Waals surface area contributed by atoms with Crippen LogP contribution < -0.4 is 4.74 Å². The summed E-state index contributed by atoms with van der Waals surface area (Å²) >= 11 is 6.23. The van der Waals surface area contributed by atoms with Crippen LogP contribution in [-0.2, 0) is 15.5 Å². The highest BCUT2D eigenvalue weighted by atomic mass is 35.5. The van der Waals surface area contributed by atoms with Crippen molar-refractivity contribution >= 4 is 39.4 Å². The number of hydrogen-bond donors (Lipinski definition) is 0. The van der Waals surface area contributed by atoms with Gasteiger partial charge in [0.1, 0.15) is 11.4 Å². The van der Waals surface area contributed by atoms with Crippen LogP contribution in [0.25, 0.3) is 11.0 Å². The van der Waals surface area contributed by atoms with Crippen molar-refractivity contribution < 1.29 is 27.3 Å². The summed E-state index contributed by atoms with van der Waals surface area (Å²) in [4.78, 5) is 18.0. The average Bonchev–Trinajstić information content (AvgIpc) is 3.22. The van der Waals surface area contributed by atoms with Crippen LogP contribution in [0, 0.1) is 0 Å². The first-order valence-corrected chi connectivity index (χ1v) is 11.4. The third kappa shape index (κ3) is 3.13. The van der Waals surface area contributed by atoms with Crippen molar-refractivity contribution in [3.63, 3.8) is 0 Å². The number of rotatable bonds is 4. The summed E-state index contributed by atoms with van der Waals surface area (Å²) < 4.78 is 51.4. The molecular formula is C21H17ClF2N2O4S. The summed E-state index contributed by atoms with van der Waals surface area (Å²) in [5, 5.41) is -0.205. The number of halogens is 3. The molecule has 6 nitrogen and oxygen atoms in total. The van der Waals surface area contributed by atoms with Gasteiger partial charge in [-0.25, -0.2) is 9.78 Å². The second-order valence-electron chi connectivity index (χ2n) is 7.36. The molecule has 3 aromatic rings. The van der Waals surface area contributed by atoms with E-state index in [0.717, 1.165) is 16.9 Å². The molecule has 2 bridgehead atoms. The van der Waals surface area contributed by atoms with Crippen LogP contribution >= 0.6 is 11.6 Å². The monoisotopic (exact) mass is 466 g/mol. The summed E-state index contributed by atoms with van der Waals surface area (Å²) in [5.74, 6) is -0.349. The van der Waals surface area contributed by atoms with Gasteiger partial charge in [-0.2, -0.15) is 8.78 Å². The van der Waals surface area contributed by atoms with Crippen molar-refractivity contribution in [3.8, 4) is 5.75 Å². The molecule has 3 atom stereocenters. The third-order valence-corrected chi connectivity index (χ3v) is 7.48. The smallest absolute Gasteiger partial charge is 0.387 e. The topological polar surface area (TPSA) is 70.4 Å². The van der Waals surface area contributed by atoms with Crippen LogP contribution in [0.2, 0.25) is 5.02 Å². The van der Waals surface area contributed by atoms with E-state index in [-0.39, 0.29) is 23.1 Å². The Balaban J connectivity index is 1.84. The Bertz CT molecular complexity index is 1250. The molecular weight excluding hydrogens is 450 g/mol. The van der Waals surface area contributed by atoms with Crippen LogP contribution in [-0.4, -0.2) is 38.7 Å². The Morgan fingerprint density at radius 3 is 2.90 bits per heavy atom. The first kappa shape index (κ1) is 20.4. The van der Waals surface area contributed by atoms with Crippen molar-refractivity contribution in [2.75, 3.05) is 12.4 Å². The third-order valence-electron chi connectivity index (χ3n) is 5.66. The van der Waals surface area contributed by atoms with Gasteiger partial charge >= 0.3 is 12.6 Å². The fourth-order valence-corrected chi connectivity index (χ4v) is 6.45. The van der Waals surface area contributed by atoms with Crippen LogP contribution in [0.5, 0.6) is 5.75 Å². The molecule has 0 spiro atoms. The maximum atomic E-state index is 13.2. The summed E-state index contributed by atoms with van der Waals surface area (Å²) in [6.45, 7) is -1.55. The number of carbonyl (C=O) groups is 1. The minimum atomic E-state index is -3.19. The molecule has 5 rings (SSSR count). The van der Waals surface area contributed by atoms with Gasteiger partial charge in [0.05, 0.1) is 39.5 Å². The van der Waals surface area contributed by atoms with Gasteiger partial charge in [0, 0.05) is 22.1 Å². The number of esters is 1. The molecule has 31 heavy (non-hydrogen) atoms. The van der Waals surface area contributed by atoms with Gasteiger partial charge < -0.3 is 14.0 Å². The molecule has 0 radical (unpaired) electrons. The zero-order valence-electron chi connectivity index (χ0n) is 16.3. The minimum Gasteiger partial charge on any atom is -0.462 e. The second kappa shape index (κ2) is 7.56. The maximum absolute atomic E-state index is 13.2. The molecule has 0 amide bonds. The lowest BCUT2D eigenvalue weighted by molar-refractivity contribution is -0.0505. The highest BCUT2D eigenvalue weighted by Gasteiger charge is 2.44. The summed E-state index contributed by atoms with van der Waals surface area (Å²) in [5.41, 5.74) is 1.78. The molecule has 2 aliphatic heterocycles. The number of fused-ring (bicyclic) bond motifs is 9. The maximum Gasteiger partial charge on any atom is 0.387 e. The molecule has 0 saturated heterocycles. The molecule has 10 heteroatoms. The number of aromatic nitrogens is 2. The fraction of sp³-hybridized carbons (Fsp3) is 0.333. The molecule has 2 aromatic carbocycles. The van der Waals surface area contributed by atoms with Gasteiger partial charge in [-0.15, -0.1) is 0 Å². The molecule has 0 saturated carbocycles. The molecule has 3 heterocycles. The Hall–Kier alpha value is -2.52. The Labute approximate surface area is 183 Å². The summed E-state index contributed by atoms with van der Waals surface area (Å²) in [6.07, 6.45) is 0.536. The Kier molecular flexibility index (Phi) is 4.97. The zero-order chi connectivity index (χ0) is 21.9. The van der Waals surface area contributed by atoms with Gasteiger partial charge in [0.25, 0.3) is 0 Å². The quantitative estimate of drug-likeness (QED) is 0.523. The largest absolute Gasteiger partial charge is 0.462 e. The van der Waals surface area contributed by atoms with Gasteiger partial charge in [0.2, 0.25) is 0 Å². The Morgan fingerprint density at radius 2 is 2.16 bits per heavy atom. The number of alkyl halides is 2. The van der Waals surface area contributed by atoms with E-state index >= 15 is 0 Å². The van der Waals surface area contributed by atoms with Crippen molar-refractivity contribution in [2.24, 2.45) is 0 Å². The van der Waals surface area contributed by atoms with E-state index in [9.17, 15) is 17.8 Å². The SMILES string of the molecule is CCOC(=O)c1c(OC(F)F)c(Cl)cc2c1[C@@H]1C[C@@H](CS2=O)c2nc3ccccc3n21. The molecule has 0 aliphatic carbocycles. The van der Waals surface area contributed by atoms with E-state index in [1.165, 1.54) is 6.07 Å². The predicted molar refractivity (Wildman–Crippen MR) is 111 cm³/mol.